The molecule has 1 aromatic heterocycles. The Kier molecular flexibility index (Phi) is 4.66. The molecule has 0 radical (unpaired) electrons. The van der Waals surface area contributed by atoms with Gasteiger partial charge in [0.25, 0.3) is 0 Å². The Morgan fingerprint density at radius 2 is 1.45 bits per heavy atom. The maximum Gasteiger partial charge on any atom is 0.250 e. The fourth-order valence-electron chi connectivity index (χ4n) is 1.91. The van der Waals surface area contributed by atoms with Gasteiger partial charge >= 0.3 is 0 Å². The van der Waals surface area contributed by atoms with Crippen LogP contribution in [-0.4, -0.2) is 32.4 Å². The van der Waals surface area contributed by atoms with E-state index in [1.807, 2.05) is 12.1 Å². The van der Waals surface area contributed by atoms with Crippen molar-refractivity contribution in [3.05, 3.63) is 59.9 Å². The number of amides is 2. The summed E-state index contributed by atoms with van der Waals surface area (Å²) in [6.07, 6.45) is 2.93. The molecule has 2 amide bonds. The molecule has 3 rings (SSSR count). The van der Waals surface area contributed by atoms with E-state index in [0.717, 1.165) is 5.39 Å². The molecular weight excluding hydrogens is 284 g/mol. The van der Waals surface area contributed by atoms with Crippen LogP contribution in [0.2, 0.25) is 0 Å². The van der Waals surface area contributed by atoms with Gasteiger partial charge in [-0.2, -0.15) is 0 Å². The summed E-state index contributed by atoms with van der Waals surface area (Å²) >= 11 is 0. The number of aromatic nitrogens is 4. The van der Waals surface area contributed by atoms with Gasteiger partial charge in [0.05, 0.1) is 23.5 Å². The molecule has 0 aliphatic rings. The second-order valence-corrected chi connectivity index (χ2v) is 4.15. The van der Waals surface area contributed by atoms with Gasteiger partial charge in [0.1, 0.15) is 0 Å². The number of hydrogen-bond donors (Lipinski definition) is 2. The van der Waals surface area contributed by atoms with E-state index in [1.54, 1.807) is 18.2 Å². The lowest BCUT2D eigenvalue weighted by atomic mass is 9.98. The number of nitrogens with zero attached hydrogens (tertiary/aromatic N) is 4. The van der Waals surface area contributed by atoms with Crippen molar-refractivity contribution in [2.75, 3.05) is 0 Å². The van der Waals surface area contributed by atoms with E-state index >= 15 is 0 Å². The fraction of sp³-hybridized carbons (Fsp3) is 0. The number of fused-ring (bicyclic) bond motifs is 1. The first-order valence-electron chi connectivity index (χ1n) is 6.17. The first-order chi connectivity index (χ1) is 10.6. The molecule has 8 heteroatoms. The summed E-state index contributed by atoms with van der Waals surface area (Å²) in [7, 11) is 0. The average molecular weight is 296 g/mol. The number of carbonyl (C=O) groups excluding carboxylic acids is 2. The van der Waals surface area contributed by atoms with Gasteiger partial charge in [0.15, 0.2) is 0 Å². The van der Waals surface area contributed by atoms with E-state index in [-0.39, 0.29) is 11.1 Å². The Labute approximate surface area is 125 Å². The molecule has 3 aromatic rings. The lowest BCUT2D eigenvalue weighted by Gasteiger charge is -2.07. The molecule has 0 aliphatic carbocycles. The summed E-state index contributed by atoms with van der Waals surface area (Å²) < 4.78 is 0. The fourth-order valence-corrected chi connectivity index (χ4v) is 1.91. The van der Waals surface area contributed by atoms with E-state index < -0.39 is 11.8 Å². The molecule has 0 atom stereocenters. The normalized spacial score (nSPS) is 9.64. The Bertz CT molecular complexity index is 780. The zero-order valence-electron chi connectivity index (χ0n) is 11.4. The van der Waals surface area contributed by atoms with Crippen LogP contribution in [0, 0.1) is 0 Å². The summed E-state index contributed by atoms with van der Waals surface area (Å²) in [4.78, 5) is 22.5. The zero-order valence-corrected chi connectivity index (χ0v) is 11.4. The van der Waals surface area contributed by atoms with Crippen molar-refractivity contribution in [2.24, 2.45) is 11.5 Å². The second kappa shape index (κ2) is 6.84. The molecule has 110 valence electrons. The molecule has 0 saturated heterocycles. The van der Waals surface area contributed by atoms with Crippen molar-refractivity contribution < 1.29 is 9.59 Å². The third-order valence-corrected chi connectivity index (χ3v) is 2.78. The van der Waals surface area contributed by atoms with Crippen LogP contribution >= 0.6 is 0 Å². The SMILES string of the molecule is NC(=O)c1ccc2ccccc2c1C(N)=O.c1cnnnn1. The quantitative estimate of drug-likeness (QED) is 0.697. The molecule has 22 heavy (non-hydrogen) atoms. The number of nitrogens with two attached hydrogens (primary N) is 2. The number of carbonyl (C=O) groups is 2. The van der Waals surface area contributed by atoms with Crippen LogP contribution in [0.15, 0.2) is 48.8 Å². The van der Waals surface area contributed by atoms with Crippen LogP contribution in [0.1, 0.15) is 20.7 Å². The second-order valence-electron chi connectivity index (χ2n) is 4.15. The van der Waals surface area contributed by atoms with Crippen molar-refractivity contribution in [1.82, 2.24) is 20.6 Å². The summed E-state index contributed by atoms with van der Waals surface area (Å²) in [5.41, 5.74) is 10.8. The van der Waals surface area contributed by atoms with Gasteiger partial charge in [-0.05, 0) is 27.3 Å². The van der Waals surface area contributed by atoms with Gasteiger partial charge in [-0.3, -0.25) is 9.59 Å². The third kappa shape index (κ3) is 3.37. The Balaban J connectivity index is 0.000000246. The van der Waals surface area contributed by atoms with Gasteiger partial charge in [0.2, 0.25) is 11.8 Å². The van der Waals surface area contributed by atoms with Crippen molar-refractivity contribution in [3.63, 3.8) is 0 Å². The largest absolute Gasteiger partial charge is 0.366 e. The number of hydrogen-bond acceptors (Lipinski definition) is 6. The first-order valence-corrected chi connectivity index (χ1v) is 6.17. The lowest BCUT2D eigenvalue weighted by Crippen LogP contribution is -2.20. The molecule has 0 spiro atoms. The highest BCUT2D eigenvalue weighted by molar-refractivity contribution is 6.14. The van der Waals surface area contributed by atoms with Gasteiger partial charge < -0.3 is 11.5 Å². The number of benzene rings is 2. The van der Waals surface area contributed by atoms with Crippen LogP contribution in [0.5, 0.6) is 0 Å². The predicted octanol–water partition coefficient (Wildman–Crippen LogP) is 0.304. The van der Waals surface area contributed by atoms with Gasteiger partial charge in [-0.15, -0.1) is 10.2 Å². The molecule has 0 saturated carbocycles. The summed E-state index contributed by atoms with van der Waals surface area (Å²) in [5.74, 6) is -1.30. The Morgan fingerprint density at radius 3 is 1.95 bits per heavy atom. The maximum absolute atomic E-state index is 11.4. The van der Waals surface area contributed by atoms with Crippen molar-refractivity contribution in [2.45, 2.75) is 0 Å². The minimum absolute atomic E-state index is 0.159. The molecule has 1 heterocycles. The summed E-state index contributed by atoms with van der Waals surface area (Å²) in [6.45, 7) is 0. The van der Waals surface area contributed by atoms with E-state index in [0.29, 0.717) is 5.39 Å². The third-order valence-electron chi connectivity index (χ3n) is 2.78. The monoisotopic (exact) mass is 296 g/mol. The van der Waals surface area contributed by atoms with Gasteiger partial charge in [-0.25, -0.2) is 0 Å². The standard InChI is InChI=1S/C12H10N2O2.C2H2N4/c13-11(15)9-6-5-7-3-1-2-4-8(7)10(9)12(14)16;1-2-4-6-5-3-1/h1-6H,(H2,13,15)(H2,14,16);1-2H. The van der Waals surface area contributed by atoms with Crippen LogP contribution in [0.25, 0.3) is 10.8 Å². The minimum Gasteiger partial charge on any atom is -0.366 e. The molecule has 0 bridgehead atoms. The van der Waals surface area contributed by atoms with E-state index in [1.165, 1.54) is 18.5 Å². The number of rotatable bonds is 2. The molecule has 0 fully saturated rings. The highest BCUT2D eigenvalue weighted by Gasteiger charge is 2.15. The van der Waals surface area contributed by atoms with Crippen molar-refractivity contribution in [3.8, 4) is 0 Å². The van der Waals surface area contributed by atoms with E-state index in [2.05, 4.69) is 20.6 Å². The minimum atomic E-state index is -0.653. The smallest absolute Gasteiger partial charge is 0.250 e. The Morgan fingerprint density at radius 1 is 0.818 bits per heavy atom. The van der Waals surface area contributed by atoms with Gasteiger partial charge in [-0.1, -0.05) is 30.3 Å². The van der Waals surface area contributed by atoms with Crippen LogP contribution in [0.4, 0.5) is 0 Å². The van der Waals surface area contributed by atoms with E-state index in [9.17, 15) is 9.59 Å². The summed E-state index contributed by atoms with van der Waals surface area (Å²) in [6, 6.07) is 10.5. The first kappa shape index (κ1) is 15.0. The summed E-state index contributed by atoms with van der Waals surface area (Å²) in [5, 5.41) is 14.6. The molecule has 0 aliphatic heterocycles. The molecule has 0 unspecified atom stereocenters. The zero-order chi connectivity index (χ0) is 15.9. The molecule has 2 aromatic carbocycles. The van der Waals surface area contributed by atoms with Crippen molar-refractivity contribution >= 4 is 22.6 Å². The topological polar surface area (TPSA) is 138 Å². The highest BCUT2D eigenvalue weighted by Crippen LogP contribution is 2.21. The lowest BCUT2D eigenvalue weighted by molar-refractivity contribution is 0.0968. The van der Waals surface area contributed by atoms with Gasteiger partial charge in [0, 0.05) is 0 Å². The van der Waals surface area contributed by atoms with E-state index in [4.69, 9.17) is 11.5 Å². The molecular formula is C14H12N6O2. The highest BCUT2D eigenvalue weighted by atomic mass is 16.2. The van der Waals surface area contributed by atoms with Crippen LogP contribution in [-0.2, 0) is 0 Å². The van der Waals surface area contributed by atoms with Crippen LogP contribution in [0.3, 0.4) is 0 Å². The number of primary amides is 2. The molecule has 8 nitrogen and oxygen atoms in total. The Hall–Kier alpha value is -3.42. The average Bonchev–Trinajstić information content (AvgIpc) is 2.55. The predicted molar refractivity (Wildman–Crippen MR) is 78.6 cm³/mol. The maximum atomic E-state index is 11.4. The van der Waals surface area contributed by atoms with Crippen LogP contribution < -0.4 is 11.5 Å². The molecule has 4 N–H and O–H groups in total. The van der Waals surface area contributed by atoms with Crippen molar-refractivity contribution in [1.29, 1.82) is 0 Å².